The third-order valence-corrected chi connectivity index (χ3v) is 5.31. The van der Waals surface area contributed by atoms with E-state index in [1.54, 1.807) is 24.9 Å². The van der Waals surface area contributed by atoms with Gasteiger partial charge in [0.2, 0.25) is 0 Å². The van der Waals surface area contributed by atoms with E-state index in [0.717, 1.165) is 16.9 Å². The normalized spacial score (nSPS) is 11.3. The van der Waals surface area contributed by atoms with Gasteiger partial charge in [-0.3, -0.25) is 9.78 Å². The molecule has 4 aromatic rings. The van der Waals surface area contributed by atoms with E-state index < -0.39 is 0 Å². The number of nitrogens with one attached hydrogen (secondary N) is 1. The molecule has 0 saturated carbocycles. The molecule has 0 fully saturated rings. The quantitative estimate of drug-likeness (QED) is 0.377. The molecule has 3 heterocycles. The highest BCUT2D eigenvalue weighted by atomic mass is 32.1. The van der Waals surface area contributed by atoms with Crippen molar-refractivity contribution in [1.82, 2.24) is 19.5 Å². The number of carbonyl (C=O) groups is 1. The number of imidazole rings is 1. The highest BCUT2D eigenvalue weighted by Crippen LogP contribution is 2.26. The highest BCUT2D eigenvalue weighted by molar-refractivity contribution is 7.17. The van der Waals surface area contributed by atoms with E-state index in [1.807, 2.05) is 54.1 Å². The molecule has 0 radical (unpaired) electrons. The van der Waals surface area contributed by atoms with Crippen molar-refractivity contribution < 1.29 is 9.63 Å². The van der Waals surface area contributed by atoms with Crippen molar-refractivity contribution in [2.45, 2.75) is 6.92 Å². The van der Waals surface area contributed by atoms with Crippen LogP contribution in [0.5, 0.6) is 0 Å². The van der Waals surface area contributed by atoms with Gasteiger partial charge in [0.25, 0.3) is 5.91 Å². The van der Waals surface area contributed by atoms with E-state index in [-0.39, 0.29) is 5.91 Å². The van der Waals surface area contributed by atoms with Gasteiger partial charge in [0, 0.05) is 24.2 Å². The number of thiazole rings is 1. The van der Waals surface area contributed by atoms with Crippen molar-refractivity contribution in [1.29, 1.82) is 0 Å². The van der Waals surface area contributed by atoms with Crippen molar-refractivity contribution in [3.63, 3.8) is 0 Å². The number of aromatic nitrogens is 4. The number of oxime groups is 1. The van der Waals surface area contributed by atoms with Gasteiger partial charge in [-0.15, -0.1) is 11.3 Å². The molecule has 8 nitrogen and oxygen atoms in total. The number of amides is 1. The van der Waals surface area contributed by atoms with E-state index in [2.05, 4.69) is 25.4 Å². The molecule has 0 aliphatic heterocycles. The van der Waals surface area contributed by atoms with E-state index in [0.29, 0.717) is 21.3 Å². The van der Waals surface area contributed by atoms with E-state index in [4.69, 9.17) is 4.84 Å². The fourth-order valence-electron chi connectivity index (χ4n) is 2.85. The molecular formula is C21H18N6O2S. The predicted molar refractivity (Wildman–Crippen MR) is 116 cm³/mol. The zero-order chi connectivity index (χ0) is 20.9. The molecule has 0 aliphatic carbocycles. The first-order valence-electron chi connectivity index (χ1n) is 9.05. The number of pyridine rings is 1. The summed E-state index contributed by atoms with van der Waals surface area (Å²) in [5, 5.41) is 7.64. The summed E-state index contributed by atoms with van der Waals surface area (Å²) in [6, 6.07) is 11.2. The minimum Gasteiger partial charge on any atom is -0.399 e. The molecule has 4 rings (SSSR count). The maximum atomic E-state index is 12.9. The largest absolute Gasteiger partial charge is 0.399 e. The summed E-state index contributed by atoms with van der Waals surface area (Å²) in [6.45, 7) is 1.84. The Hall–Kier alpha value is -3.85. The molecule has 0 atom stereocenters. The fourth-order valence-corrected chi connectivity index (χ4v) is 3.64. The van der Waals surface area contributed by atoms with Crippen LogP contribution in [0.4, 0.5) is 5.69 Å². The van der Waals surface area contributed by atoms with E-state index >= 15 is 0 Å². The lowest BCUT2D eigenvalue weighted by atomic mass is 10.1. The maximum Gasteiger partial charge on any atom is 0.267 e. The third kappa shape index (κ3) is 4.11. The number of rotatable bonds is 6. The molecule has 1 N–H and O–H groups in total. The first kappa shape index (κ1) is 19.5. The Morgan fingerprint density at radius 2 is 2.10 bits per heavy atom. The first-order valence-corrected chi connectivity index (χ1v) is 9.86. The topological polar surface area (TPSA) is 94.3 Å². The number of nitrogens with zero attached hydrogens (tertiary/aromatic N) is 5. The number of benzene rings is 1. The summed E-state index contributed by atoms with van der Waals surface area (Å²) in [5.41, 5.74) is 3.65. The van der Waals surface area contributed by atoms with Gasteiger partial charge in [-0.1, -0.05) is 17.3 Å². The van der Waals surface area contributed by atoms with Crippen molar-refractivity contribution in [2.24, 2.45) is 5.16 Å². The van der Waals surface area contributed by atoms with Crippen molar-refractivity contribution >= 4 is 28.6 Å². The Morgan fingerprint density at radius 3 is 2.83 bits per heavy atom. The van der Waals surface area contributed by atoms with Gasteiger partial charge in [0.15, 0.2) is 0 Å². The summed E-state index contributed by atoms with van der Waals surface area (Å²) < 4.78 is 1.83. The molecule has 30 heavy (non-hydrogen) atoms. The number of hydrogen-bond donors (Lipinski definition) is 1. The van der Waals surface area contributed by atoms with Crippen LogP contribution in [0.25, 0.3) is 16.4 Å². The second-order valence-corrected chi connectivity index (χ2v) is 7.29. The van der Waals surface area contributed by atoms with Gasteiger partial charge >= 0.3 is 0 Å². The lowest BCUT2D eigenvalue weighted by Gasteiger charge is -2.13. The minimum atomic E-state index is -0.255. The van der Waals surface area contributed by atoms with Crippen LogP contribution in [0.3, 0.4) is 0 Å². The molecule has 0 spiro atoms. The molecule has 1 aromatic carbocycles. The minimum absolute atomic E-state index is 0.255. The van der Waals surface area contributed by atoms with Crippen LogP contribution in [-0.2, 0) is 4.84 Å². The van der Waals surface area contributed by atoms with Gasteiger partial charge in [0.1, 0.15) is 17.0 Å². The van der Waals surface area contributed by atoms with E-state index in [1.165, 1.54) is 18.4 Å². The maximum absolute atomic E-state index is 12.9. The van der Waals surface area contributed by atoms with Crippen LogP contribution in [0.1, 0.15) is 22.2 Å². The van der Waals surface area contributed by atoms with Gasteiger partial charge in [-0.05, 0) is 31.2 Å². The second kappa shape index (κ2) is 8.66. The lowest BCUT2D eigenvalue weighted by molar-refractivity contribution is 0.103. The SMILES string of the molecule is CO/N=C(\C)c1ccc(-n2ccnc2)c(NC(=O)c2cnc(-c3ccccn3)s2)c1. The van der Waals surface area contributed by atoms with Crippen LogP contribution < -0.4 is 5.32 Å². The van der Waals surface area contributed by atoms with E-state index in [9.17, 15) is 4.79 Å². The van der Waals surface area contributed by atoms with Crippen molar-refractivity contribution in [3.8, 4) is 16.4 Å². The standard InChI is InChI=1S/C21H18N6O2S/c1-14(26-29-2)15-6-7-18(27-10-9-22-13-27)17(11-15)25-20(28)19-12-24-21(30-19)16-5-3-4-8-23-16/h3-13H,1-2H3,(H,25,28)/b26-14+. The average Bonchev–Trinajstić information content (AvgIpc) is 3.47. The molecule has 3 aromatic heterocycles. The molecule has 1 amide bonds. The van der Waals surface area contributed by atoms with Gasteiger partial charge < -0.3 is 14.7 Å². The average molecular weight is 418 g/mol. The smallest absolute Gasteiger partial charge is 0.267 e. The number of hydrogen-bond acceptors (Lipinski definition) is 7. The van der Waals surface area contributed by atoms with Gasteiger partial charge in [-0.25, -0.2) is 9.97 Å². The molecule has 0 saturated heterocycles. The van der Waals surface area contributed by atoms with Gasteiger partial charge in [0.05, 0.1) is 35.3 Å². The van der Waals surface area contributed by atoms with Crippen LogP contribution in [0.15, 0.2) is 72.7 Å². The highest BCUT2D eigenvalue weighted by Gasteiger charge is 2.16. The zero-order valence-electron chi connectivity index (χ0n) is 16.3. The Morgan fingerprint density at radius 1 is 1.20 bits per heavy atom. The molecular weight excluding hydrogens is 400 g/mol. The number of carbonyl (C=O) groups excluding carboxylic acids is 1. The Kier molecular flexibility index (Phi) is 5.62. The third-order valence-electron chi connectivity index (χ3n) is 4.29. The molecule has 0 unspecified atom stereocenters. The molecule has 0 aliphatic rings. The first-order chi connectivity index (χ1) is 14.7. The summed E-state index contributed by atoms with van der Waals surface area (Å²) in [7, 11) is 1.50. The predicted octanol–water partition coefficient (Wildman–Crippen LogP) is 4.01. The lowest BCUT2D eigenvalue weighted by Crippen LogP contribution is -2.13. The van der Waals surface area contributed by atoms with Crippen LogP contribution >= 0.6 is 11.3 Å². The summed E-state index contributed by atoms with van der Waals surface area (Å²) >= 11 is 1.29. The van der Waals surface area contributed by atoms with Crippen molar-refractivity contribution in [2.75, 3.05) is 12.4 Å². The molecule has 9 heteroatoms. The number of anilines is 1. The Labute approximate surface area is 176 Å². The molecule has 150 valence electrons. The van der Waals surface area contributed by atoms with Crippen LogP contribution in [-0.4, -0.2) is 38.2 Å². The zero-order valence-corrected chi connectivity index (χ0v) is 17.1. The Bertz CT molecular complexity index is 1190. The van der Waals surface area contributed by atoms with Gasteiger partial charge in [-0.2, -0.15) is 0 Å². The second-order valence-electron chi connectivity index (χ2n) is 6.26. The summed E-state index contributed by atoms with van der Waals surface area (Å²) in [4.78, 5) is 31.0. The monoisotopic (exact) mass is 418 g/mol. The summed E-state index contributed by atoms with van der Waals surface area (Å²) in [6.07, 6.45) is 8.42. The van der Waals surface area contributed by atoms with Crippen LogP contribution in [0, 0.1) is 0 Å². The fraction of sp³-hybridized carbons (Fsp3) is 0.0952. The molecule has 0 bridgehead atoms. The summed E-state index contributed by atoms with van der Waals surface area (Å²) in [5.74, 6) is -0.255. The van der Waals surface area contributed by atoms with Crippen LogP contribution in [0.2, 0.25) is 0 Å². The van der Waals surface area contributed by atoms with Crippen molar-refractivity contribution in [3.05, 3.63) is 78.0 Å². The Balaban J connectivity index is 1.66.